The van der Waals surface area contributed by atoms with Crippen LogP contribution in [0.5, 0.6) is 0 Å². The Morgan fingerprint density at radius 2 is 2.30 bits per heavy atom. The summed E-state index contributed by atoms with van der Waals surface area (Å²) in [7, 11) is 0. The molecule has 0 saturated heterocycles. The minimum absolute atomic E-state index is 0.238. The molecule has 6 nitrogen and oxygen atoms in total. The van der Waals surface area contributed by atoms with Gasteiger partial charge < -0.3 is 9.47 Å². The second kappa shape index (κ2) is 5.47. The van der Waals surface area contributed by atoms with Gasteiger partial charge in [-0.25, -0.2) is 9.78 Å². The largest absolute Gasteiger partial charge is 0.444 e. The van der Waals surface area contributed by atoms with E-state index in [4.69, 9.17) is 9.47 Å². The van der Waals surface area contributed by atoms with Gasteiger partial charge in [0.1, 0.15) is 11.7 Å². The topological polar surface area (TPSA) is 84.2 Å². The molecule has 0 radical (unpaired) electrons. The molecule has 1 aliphatic rings. The van der Waals surface area contributed by atoms with E-state index >= 15 is 0 Å². The molecule has 0 fully saturated rings. The van der Waals surface area contributed by atoms with Crippen molar-refractivity contribution in [2.24, 2.45) is 0 Å². The van der Waals surface area contributed by atoms with Crippen LogP contribution in [0.1, 0.15) is 37.5 Å². The first-order valence-corrected chi connectivity index (χ1v) is 6.39. The first kappa shape index (κ1) is 14.3. The maximum Gasteiger partial charge on any atom is 0.413 e. The lowest BCUT2D eigenvalue weighted by atomic mass is 10.00. The van der Waals surface area contributed by atoms with Crippen molar-refractivity contribution in [2.45, 2.75) is 39.4 Å². The number of hydrogen-bond acceptors (Lipinski definition) is 5. The lowest BCUT2D eigenvalue weighted by Gasteiger charge is -2.21. The maximum absolute atomic E-state index is 11.8. The Kier molecular flexibility index (Phi) is 3.91. The van der Waals surface area contributed by atoms with Gasteiger partial charge in [-0.3, -0.25) is 5.32 Å². The molecule has 1 aromatic heterocycles. The zero-order chi connectivity index (χ0) is 14.8. The van der Waals surface area contributed by atoms with Crippen LogP contribution in [-0.4, -0.2) is 23.3 Å². The van der Waals surface area contributed by atoms with Crippen molar-refractivity contribution in [2.75, 3.05) is 11.9 Å². The number of nitriles is 1. The highest BCUT2D eigenvalue weighted by molar-refractivity contribution is 5.85. The number of amides is 1. The monoisotopic (exact) mass is 275 g/mol. The van der Waals surface area contributed by atoms with Crippen LogP contribution in [0.2, 0.25) is 0 Å². The molecule has 0 aromatic carbocycles. The quantitative estimate of drug-likeness (QED) is 0.850. The summed E-state index contributed by atoms with van der Waals surface area (Å²) in [4.78, 5) is 15.9. The van der Waals surface area contributed by atoms with Gasteiger partial charge in [-0.2, -0.15) is 5.26 Å². The lowest BCUT2D eigenvalue weighted by molar-refractivity contribution is 0.0635. The van der Waals surface area contributed by atoms with Crippen LogP contribution in [0.3, 0.4) is 0 Å². The standard InChI is InChI=1S/C14H17N3O3/c1-14(2,3)20-13(18)17-12-11(6-15)10-4-5-19-8-9(10)7-16-12/h7H,4-5,8H2,1-3H3,(H,16,17,18). The summed E-state index contributed by atoms with van der Waals surface area (Å²) in [6, 6.07) is 2.10. The molecule has 0 spiro atoms. The Morgan fingerprint density at radius 1 is 1.55 bits per heavy atom. The second-order valence-electron chi connectivity index (χ2n) is 5.53. The molecule has 1 amide bonds. The molecule has 1 aromatic rings. The van der Waals surface area contributed by atoms with E-state index in [-0.39, 0.29) is 5.82 Å². The van der Waals surface area contributed by atoms with Gasteiger partial charge in [-0.05, 0) is 32.8 Å². The SMILES string of the molecule is CC(C)(C)OC(=O)Nc1ncc2c(c1C#N)CCOC2. The van der Waals surface area contributed by atoms with Gasteiger partial charge in [0.15, 0.2) is 5.82 Å². The minimum atomic E-state index is -0.617. The van der Waals surface area contributed by atoms with Gasteiger partial charge in [-0.1, -0.05) is 0 Å². The molecular weight excluding hydrogens is 258 g/mol. The molecule has 20 heavy (non-hydrogen) atoms. The third-order valence-corrected chi connectivity index (χ3v) is 2.76. The van der Waals surface area contributed by atoms with Crippen molar-refractivity contribution in [3.63, 3.8) is 0 Å². The summed E-state index contributed by atoms with van der Waals surface area (Å²) in [5, 5.41) is 11.8. The van der Waals surface area contributed by atoms with Crippen molar-refractivity contribution in [3.05, 3.63) is 22.9 Å². The predicted octanol–water partition coefficient (Wildman–Crippen LogP) is 2.37. The van der Waals surface area contributed by atoms with E-state index in [2.05, 4.69) is 16.4 Å². The van der Waals surface area contributed by atoms with Gasteiger partial charge in [0.25, 0.3) is 0 Å². The van der Waals surface area contributed by atoms with E-state index < -0.39 is 11.7 Å². The van der Waals surface area contributed by atoms with E-state index in [1.807, 2.05) is 0 Å². The molecule has 0 saturated carbocycles. The van der Waals surface area contributed by atoms with E-state index in [0.29, 0.717) is 25.2 Å². The van der Waals surface area contributed by atoms with Crippen LogP contribution in [0.4, 0.5) is 10.6 Å². The molecule has 0 aliphatic carbocycles. The Bertz CT molecular complexity index is 570. The van der Waals surface area contributed by atoms with Crippen LogP contribution >= 0.6 is 0 Å². The molecular formula is C14H17N3O3. The van der Waals surface area contributed by atoms with Crippen molar-refractivity contribution in [1.29, 1.82) is 5.26 Å². The van der Waals surface area contributed by atoms with Crippen LogP contribution < -0.4 is 5.32 Å². The summed E-state index contributed by atoms with van der Waals surface area (Å²) in [5.41, 5.74) is 1.57. The van der Waals surface area contributed by atoms with E-state index in [0.717, 1.165) is 11.1 Å². The van der Waals surface area contributed by atoms with Crippen LogP contribution in [0.15, 0.2) is 6.20 Å². The van der Waals surface area contributed by atoms with Crippen molar-refractivity contribution < 1.29 is 14.3 Å². The van der Waals surface area contributed by atoms with E-state index in [1.54, 1.807) is 27.0 Å². The van der Waals surface area contributed by atoms with Crippen LogP contribution in [-0.2, 0) is 22.5 Å². The Hall–Kier alpha value is -2.13. The fraction of sp³-hybridized carbons (Fsp3) is 0.500. The number of pyridine rings is 1. The highest BCUT2D eigenvalue weighted by atomic mass is 16.6. The molecule has 6 heteroatoms. The second-order valence-corrected chi connectivity index (χ2v) is 5.53. The van der Waals surface area contributed by atoms with E-state index in [1.165, 1.54) is 0 Å². The maximum atomic E-state index is 11.8. The van der Waals surface area contributed by atoms with Gasteiger partial charge in [-0.15, -0.1) is 0 Å². The van der Waals surface area contributed by atoms with Crippen LogP contribution in [0, 0.1) is 11.3 Å². The summed E-state index contributed by atoms with van der Waals surface area (Å²) in [6.45, 7) is 6.33. The number of carbonyl (C=O) groups excluding carboxylic acids is 1. The highest BCUT2D eigenvalue weighted by Crippen LogP contribution is 2.25. The van der Waals surface area contributed by atoms with E-state index in [9.17, 15) is 10.1 Å². The molecule has 2 rings (SSSR count). The number of anilines is 1. The average Bonchev–Trinajstić information content (AvgIpc) is 2.36. The smallest absolute Gasteiger partial charge is 0.413 e. The number of aromatic nitrogens is 1. The number of ether oxygens (including phenoxy) is 2. The van der Waals surface area contributed by atoms with Gasteiger partial charge in [0, 0.05) is 11.8 Å². The molecule has 1 aliphatic heterocycles. The number of fused-ring (bicyclic) bond motifs is 1. The molecule has 0 atom stereocenters. The van der Waals surface area contributed by atoms with Crippen LogP contribution in [0.25, 0.3) is 0 Å². The minimum Gasteiger partial charge on any atom is -0.444 e. The van der Waals surface area contributed by atoms with Crippen molar-refractivity contribution >= 4 is 11.9 Å². The molecule has 0 bridgehead atoms. The third-order valence-electron chi connectivity index (χ3n) is 2.76. The number of carbonyl (C=O) groups is 1. The summed E-state index contributed by atoms with van der Waals surface area (Å²) >= 11 is 0. The van der Waals surface area contributed by atoms with Crippen molar-refractivity contribution in [1.82, 2.24) is 4.98 Å². The Morgan fingerprint density at radius 3 is 2.95 bits per heavy atom. The zero-order valence-corrected chi connectivity index (χ0v) is 11.8. The summed E-state index contributed by atoms with van der Waals surface area (Å²) in [6.07, 6.45) is 1.65. The molecule has 106 valence electrons. The lowest BCUT2D eigenvalue weighted by Crippen LogP contribution is -2.28. The molecule has 0 unspecified atom stereocenters. The predicted molar refractivity (Wildman–Crippen MR) is 72.2 cm³/mol. The fourth-order valence-corrected chi connectivity index (χ4v) is 1.97. The fourth-order valence-electron chi connectivity index (χ4n) is 1.97. The average molecular weight is 275 g/mol. The number of hydrogen-bond donors (Lipinski definition) is 1. The normalized spacial score (nSPS) is 14.1. The number of rotatable bonds is 1. The first-order chi connectivity index (χ1) is 9.40. The molecule has 1 N–H and O–H groups in total. The third kappa shape index (κ3) is 3.25. The Balaban J connectivity index is 2.25. The van der Waals surface area contributed by atoms with Gasteiger partial charge in [0.2, 0.25) is 0 Å². The van der Waals surface area contributed by atoms with Gasteiger partial charge in [0.05, 0.1) is 18.8 Å². The molecule has 2 heterocycles. The number of nitrogens with one attached hydrogen (secondary N) is 1. The number of nitrogens with zero attached hydrogens (tertiary/aromatic N) is 2. The van der Waals surface area contributed by atoms with Crippen molar-refractivity contribution in [3.8, 4) is 6.07 Å². The highest BCUT2D eigenvalue weighted by Gasteiger charge is 2.21. The summed E-state index contributed by atoms with van der Waals surface area (Å²) in [5.74, 6) is 0.238. The first-order valence-electron chi connectivity index (χ1n) is 6.39. The summed E-state index contributed by atoms with van der Waals surface area (Å²) < 4.78 is 10.5. The van der Waals surface area contributed by atoms with Gasteiger partial charge >= 0.3 is 6.09 Å². The zero-order valence-electron chi connectivity index (χ0n) is 11.8. The Labute approximate surface area is 117 Å².